The van der Waals surface area contributed by atoms with Crippen LogP contribution in [0.4, 0.5) is 0 Å². The molecule has 5 rings (SSSR count). The summed E-state index contributed by atoms with van der Waals surface area (Å²) >= 11 is 0. The minimum absolute atomic E-state index is 0.0671. The molecule has 2 aromatic heterocycles. The van der Waals surface area contributed by atoms with Crippen LogP contribution in [0.25, 0.3) is 10.9 Å². The Hall–Kier alpha value is -2.93. The van der Waals surface area contributed by atoms with Crippen LogP contribution < -0.4 is 5.32 Å². The number of ether oxygens (including phenoxy) is 1. The Bertz CT molecular complexity index is 1060. The van der Waals surface area contributed by atoms with E-state index in [-0.39, 0.29) is 17.7 Å². The zero-order valence-corrected chi connectivity index (χ0v) is 15.6. The van der Waals surface area contributed by atoms with Gasteiger partial charge in [0.15, 0.2) is 5.78 Å². The smallest absolute Gasteiger partial charge is 0.269 e. The van der Waals surface area contributed by atoms with E-state index in [4.69, 9.17) is 4.74 Å². The molecule has 3 heterocycles. The number of benzene rings is 1. The summed E-state index contributed by atoms with van der Waals surface area (Å²) in [6.45, 7) is 3.64. The van der Waals surface area contributed by atoms with Crippen molar-refractivity contribution in [2.45, 2.75) is 25.9 Å². The molecule has 1 aromatic carbocycles. The first-order chi connectivity index (χ1) is 13.7. The first kappa shape index (κ1) is 17.2. The minimum Gasteiger partial charge on any atom is -0.381 e. The molecule has 1 saturated heterocycles. The SMILES string of the molecule is CCC(=O)c1cc(C(=O)NC2[C@H]3COC[C@@H]23)n(Cc2cccc3cc[nH]c23)n1. The normalized spacial score (nSPS) is 23.0. The number of fused-ring (bicyclic) bond motifs is 2. The Balaban J connectivity index is 1.45. The molecule has 0 spiro atoms. The third-order valence-electron chi connectivity index (χ3n) is 5.86. The predicted octanol–water partition coefficient (Wildman–Crippen LogP) is 2.38. The van der Waals surface area contributed by atoms with E-state index in [1.807, 2.05) is 30.5 Å². The maximum Gasteiger partial charge on any atom is 0.269 e. The van der Waals surface area contributed by atoms with Crippen molar-refractivity contribution in [3.8, 4) is 0 Å². The van der Waals surface area contributed by atoms with Gasteiger partial charge in [0.1, 0.15) is 11.4 Å². The molecular formula is C21H22N4O3. The lowest BCUT2D eigenvalue weighted by Gasteiger charge is -2.10. The number of hydrogen-bond donors (Lipinski definition) is 2. The average molecular weight is 378 g/mol. The van der Waals surface area contributed by atoms with Gasteiger partial charge >= 0.3 is 0 Å². The Morgan fingerprint density at radius 3 is 2.89 bits per heavy atom. The molecule has 2 N–H and O–H groups in total. The lowest BCUT2D eigenvalue weighted by atomic mass is 10.1. The first-order valence-electron chi connectivity index (χ1n) is 9.70. The summed E-state index contributed by atoms with van der Waals surface area (Å²) in [5, 5.41) is 8.66. The number of H-pyrrole nitrogens is 1. The third-order valence-corrected chi connectivity index (χ3v) is 5.86. The van der Waals surface area contributed by atoms with Gasteiger partial charge in [-0.05, 0) is 17.0 Å². The molecule has 3 aromatic rings. The number of Topliss-reactive ketones (excluding diaryl/α,β-unsaturated/α-hetero) is 1. The number of rotatable bonds is 6. The Morgan fingerprint density at radius 2 is 2.11 bits per heavy atom. The Kier molecular flexibility index (Phi) is 4.05. The van der Waals surface area contributed by atoms with Crippen molar-refractivity contribution < 1.29 is 14.3 Å². The van der Waals surface area contributed by atoms with Crippen LogP contribution in [0.5, 0.6) is 0 Å². The van der Waals surface area contributed by atoms with Gasteiger partial charge in [0.25, 0.3) is 5.91 Å². The van der Waals surface area contributed by atoms with Gasteiger partial charge in [-0.15, -0.1) is 0 Å². The molecule has 1 aliphatic heterocycles. The number of nitrogens with one attached hydrogen (secondary N) is 2. The topological polar surface area (TPSA) is 89.0 Å². The van der Waals surface area contributed by atoms with Gasteiger partial charge in [-0.25, -0.2) is 0 Å². The van der Waals surface area contributed by atoms with Crippen LogP contribution in [-0.2, 0) is 11.3 Å². The van der Waals surface area contributed by atoms with Crippen molar-refractivity contribution >= 4 is 22.6 Å². The van der Waals surface area contributed by atoms with Crippen LogP contribution in [0.1, 0.15) is 39.9 Å². The van der Waals surface area contributed by atoms with Gasteiger partial charge in [0.2, 0.25) is 0 Å². The predicted molar refractivity (Wildman–Crippen MR) is 103 cm³/mol. The Morgan fingerprint density at radius 1 is 1.29 bits per heavy atom. The highest BCUT2D eigenvalue weighted by Crippen LogP contribution is 2.44. The van der Waals surface area contributed by atoms with Crippen molar-refractivity contribution in [2.75, 3.05) is 13.2 Å². The van der Waals surface area contributed by atoms with Gasteiger partial charge < -0.3 is 15.0 Å². The van der Waals surface area contributed by atoms with Crippen molar-refractivity contribution in [1.82, 2.24) is 20.1 Å². The van der Waals surface area contributed by atoms with E-state index in [1.165, 1.54) is 0 Å². The highest BCUT2D eigenvalue weighted by atomic mass is 16.5. The number of carbonyl (C=O) groups excluding carboxylic acids is 2. The second-order valence-corrected chi connectivity index (χ2v) is 7.57. The summed E-state index contributed by atoms with van der Waals surface area (Å²) in [7, 11) is 0. The first-order valence-corrected chi connectivity index (χ1v) is 9.70. The molecule has 7 nitrogen and oxygen atoms in total. The van der Waals surface area contributed by atoms with Crippen LogP contribution in [-0.4, -0.2) is 45.7 Å². The minimum atomic E-state index is -0.180. The van der Waals surface area contributed by atoms with E-state index in [2.05, 4.69) is 15.4 Å². The lowest BCUT2D eigenvalue weighted by molar-refractivity contribution is 0.0917. The summed E-state index contributed by atoms with van der Waals surface area (Å²) in [4.78, 5) is 28.4. The second kappa shape index (κ2) is 6.60. The molecule has 7 heteroatoms. The largest absolute Gasteiger partial charge is 0.381 e. The van der Waals surface area contributed by atoms with E-state index in [1.54, 1.807) is 17.7 Å². The molecule has 2 aliphatic rings. The second-order valence-electron chi connectivity index (χ2n) is 7.57. The fourth-order valence-electron chi connectivity index (χ4n) is 4.16. The van der Waals surface area contributed by atoms with Crippen LogP contribution in [0.15, 0.2) is 36.5 Å². The van der Waals surface area contributed by atoms with Crippen molar-refractivity contribution in [3.63, 3.8) is 0 Å². The number of amides is 1. The van der Waals surface area contributed by atoms with Crippen molar-refractivity contribution in [1.29, 1.82) is 0 Å². The van der Waals surface area contributed by atoms with Crippen molar-refractivity contribution in [3.05, 3.63) is 53.5 Å². The maximum atomic E-state index is 12.9. The number of aromatic amines is 1. The maximum absolute atomic E-state index is 12.9. The molecule has 28 heavy (non-hydrogen) atoms. The van der Waals surface area contributed by atoms with Crippen LogP contribution in [0, 0.1) is 11.8 Å². The molecule has 0 radical (unpaired) electrons. The van der Waals surface area contributed by atoms with Crippen LogP contribution in [0.3, 0.4) is 0 Å². The molecule has 0 bridgehead atoms. The van der Waals surface area contributed by atoms with Gasteiger partial charge in [-0.1, -0.05) is 25.1 Å². The highest BCUT2D eigenvalue weighted by Gasteiger charge is 2.54. The van der Waals surface area contributed by atoms with Crippen LogP contribution in [0.2, 0.25) is 0 Å². The molecule has 1 amide bonds. The molecule has 3 atom stereocenters. The fourth-order valence-corrected chi connectivity index (χ4v) is 4.16. The molecule has 1 aliphatic carbocycles. The summed E-state index contributed by atoms with van der Waals surface area (Å²) in [6, 6.07) is 9.82. The van der Waals surface area contributed by atoms with E-state index in [0.29, 0.717) is 49.4 Å². The number of carbonyl (C=O) groups is 2. The van der Waals surface area contributed by atoms with E-state index in [9.17, 15) is 9.59 Å². The molecule has 1 saturated carbocycles. The van der Waals surface area contributed by atoms with Gasteiger partial charge in [0.05, 0.1) is 25.3 Å². The highest BCUT2D eigenvalue weighted by molar-refractivity contribution is 5.99. The number of ketones is 1. The van der Waals surface area contributed by atoms with E-state index >= 15 is 0 Å². The standard InChI is InChI=1S/C21H22N4O3/c1-2-18(26)16-8-17(21(27)23-20-14-10-28-11-15(14)20)25(24-16)9-13-5-3-4-12-6-7-22-19(12)13/h3-8,14-15,20,22H,2,9-11H2,1H3,(H,23,27)/t14-,15+,20?. The molecule has 2 fully saturated rings. The van der Waals surface area contributed by atoms with Gasteiger partial charge in [0, 0.05) is 36.6 Å². The fraction of sp³-hybridized carbons (Fsp3) is 0.381. The van der Waals surface area contributed by atoms with E-state index < -0.39 is 0 Å². The van der Waals surface area contributed by atoms with E-state index in [0.717, 1.165) is 16.5 Å². The number of aromatic nitrogens is 3. The molecular weight excluding hydrogens is 356 g/mol. The number of para-hydroxylation sites is 1. The van der Waals surface area contributed by atoms with Gasteiger partial charge in [-0.3, -0.25) is 14.3 Å². The zero-order chi connectivity index (χ0) is 19.3. The third kappa shape index (κ3) is 2.82. The number of nitrogens with zero attached hydrogens (tertiary/aromatic N) is 2. The molecule has 144 valence electrons. The van der Waals surface area contributed by atoms with Gasteiger partial charge in [-0.2, -0.15) is 5.10 Å². The number of hydrogen-bond acceptors (Lipinski definition) is 4. The average Bonchev–Trinajstić information content (AvgIpc) is 3.22. The van der Waals surface area contributed by atoms with Crippen molar-refractivity contribution in [2.24, 2.45) is 11.8 Å². The Labute approximate surface area is 162 Å². The summed E-state index contributed by atoms with van der Waals surface area (Å²) in [6.07, 6.45) is 2.25. The monoisotopic (exact) mass is 378 g/mol. The lowest BCUT2D eigenvalue weighted by Crippen LogP contribution is -2.31. The summed E-state index contributed by atoms with van der Waals surface area (Å²) in [5.74, 6) is 0.595. The molecule has 1 unspecified atom stereocenters. The zero-order valence-electron chi connectivity index (χ0n) is 15.6. The summed E-state index contributed by atoms with van der Waals surface area (Å²) < 4.78 is 7.03. The quantitative estimate of drug-likeness (QED) is 0.645. The van der Waals surface area contributed by atoms with Crippen LogP contribution >= 0.6 is 0 Å². The summed E-state index contributed by atoms with van der Waals surface area (Å²) in [5.41, 5.74) is 2.80.